The van der Waals surface area contributed by atoms with E-state index in [2.05, 4.69) is 18.7 Å². The third kappa shape index (κ3) is 3.51. The van der Waals surface area contributed by atoms with Crippen LogP contribution in [-0.2, 0) is 0 Å². The average Bonchev–Trinajstić information content (AvgIpc) is 3.30. The molecule has 3 fully saturated rings. The van der Waals surface area contributed by atoms with Gasteiger partial charge in [0, 0.05) is 11.6 Å². The molecule has 1 nitrogen and oxygen atoms in total. The second-order valence-corrected chi connectivity index (χ2v) is 8.66. The molecular formula is C22H40N. The van der Waals surface area contributed by atoms with E-state index in [1.54, 1.807) is 0 Å². The molecule has 0 aromatic heterocycles. The highest BCUT2D eigenvalue weighted by atomic mass is 15.2. The van der Waals surface area contributed by atoms with Crippen LogP contribution in [-0.4, -0.2) is 23.0 Å². The van der Waals surface area contributed by atoms with E-state index in [-0.39, 0.29) is 0 Å². The van der Waals surface area contributed by atoms with Gasteiger partial charge >= 0.3 is 0 Å². The summed E-state index contributed by atoms with van der Waals surface area (Å²) >= 11 is 0. The van der Waals surface area contributed by atoms with Crippen molar-refractivity contribution < 1.29 is 0 Å². The number of unbranched alkanes of at least 4 members (excludes halogenated alkanes) is 1. The molecule has 1 saturated heterocycles. The Labute approximate surface area is 145 Å². The predicted molar refractivity (Wildman–Crippen MR) is 100 cm³/mol. The van der Waals surface area contributed by atoms with Crippen molar-refractivity contribution in [2.24, 2.45) is 11.8 Å². The number of likely N-dealkylation sites (tertiary alicyclic amines) is 1. The van der Waals surface area contributed by atoms with Crippen LogP contribution < -0.4 is 0 Å². The molecule has 0 aromatic carbocycles. The van der Waals surface area contributed by atoms with Gasteiger partial charge in [-0.15, -0.1) is 0 Å². The van der Waals surface area contributed by atoms with E-state index in [9.17, 15) is 0 Å². The monoisotopic (exact) mass is 318 g/mol. The second-order valence-electron chi connectivity index (χ2n) is 8.66. The van der Waals surface area contributed by atoms with Gasteiger partial charge in [0.05, 0.1) is 0 Å². The van der Waals surface area contributed by atoms with Crippen LogP contribution in [0.3, 0.4) is 0 Å². The van der Waals surface area contributed by atoms with E-state index in [1.165, 1.54) is 96.4 Å². The third-order valence-corrected chi connectivity index (χ3v) is 7.58. The molecule has 1 atom stereocenters. The van der Waals surface area contributed by atoms with Crippen molar-refractivity contribution in [3.63, 3.8) is 0 Å². The Balaban J connectivity index is 1.93. The van der Waals surface area contributed by atoms with Crippen LogP contribution in [0.2, 0.25) is 0 Å². The maximum atomic E-state index is 4.21. The van der Waals surface area contributed by atoms with Crippen LogP contribution in [0.4, 0.5) is 0 Å². The van der Waals surface area contributed by atoms with Gasteiger partial charge in [0.25, 0.3) is 0 Å². The zero-order chi connectivity index (χ0) is 16.1. The summed E-state index contributed by atoms with van der Waals surface area (Å²) in [6.07, 6.45) is 21.7. The van der Waals surface area contributed by atoms with E-state index >= 15 is 0 Å². The van der Waals surface area contributed by atoms with Gasteiger partial charge < -0.3 is 0 Å². The summed E-state index contributed by atoms with van der Waals surface area (Å²) in [6.45, 7) is 8.04. The molecule has 1 radical (unpaired) electrons. The molecule has 133 valence electrons. The number of piperidine rings is 1. The molecule has 1 unspecified atom stereocenters. The highest BCUT2D eigenvalue weighted by Gasteiger charge is 2.51. The Morgan fingerprint density at radius 2 is 1.43 bits per heavy atom. The lowest BCUT2D eigenvalue weighted by Crippen LogP contribution is -2.62. The Hall–Kier alpha value is -0.0400. The van der Waals surface area contributed by atoms with Crippen molar-refractivity contribution in [1.82, 2.24) is 4.90 Å². The van der Waals surface area contributed by atoms with Gasteiger partial charge in [0.15, 0.2) is 0 Å². The van der Waals surface area contributed by atoms with Gasteiger partial charge in [-0.2, -0.15) is 0 Å². The molecule has 0 N–H and O–H groups in total. The van der Waals surface area contributed by atoms with Gasteiger partial charge in [-0.05, 0) is 69.7 Å². The fraction of sp³-hybridized carbons (Fsp3) is 0.955. The minimum Gasteiger partial charge on any atom is -0.294 e. The van der Waals surface area contributed by atoms with Gasteiger partial charge in [0.1, 0.15) is 0 Å². The molecule has 3 rings (SSSR count). The van der Waals surface area contributed by atoms with Crippen molar-refractivity contribution in [2.45, 2.75) is 115 Å². The summed E-state index contributed by atoms with van der Waals surface area (Å²) in [5, 5.41) is 0. The first-order valence-corrected chi connectivity index (χ1v) is 10.9. The molecule has 0 aromatic rings. The lowest BCUT2D eigenvalue weighted by molar-refractivity contribution is -0.0687. The molecule has 1 aliphatic heterocycles. The minimum absolute atomic E-state index is 0.547. The zero-order valence-electron chi connectivity index (χ0n) is 15.7. The Kier molecular flexibility index (Phi) is 6.46. The van der Waals surface area contributed by atoms with Gasteiger partial charge in [-0.25, -0.2) is 0 Å². The summed E-state index contributed by atoms with van der Waals surface area (Å²) in [5.41, 5.74) is 0.547. The first kappa shape index (κ1) is 17.8. The van der Waals surface area contributed by atoms with Crippen molar-refractivity contribution in [3.05, 3.63) is 6.92 Å². The topological polar surface area (TPSA) is 3.24 Å². The normalized spacial score (nSPS) is 28.7. The molecule has 2 aliphatic carbocycles. The number of hydrogen-bond acceptors (Lipinski definition) is 1. The van der Waals surface area contributed by atoms with Crippen LogP contribution >= 0.6 is 0 Å². The molecule has 1 heteroatoms. The highest BCUT2D eigenvalue weighted by molar-refractivity contribution is 5.06. The van der Waals surface area contributed by atoms with Crippen molar-refractivity contribution in [3.8, 4) is 0 Å². The molecule has 1 heterocycles. The van der Waals surface area contributed by atoms with Crippen molar-refractivity contribution in [2.75, 3.05) is 6.54 Å². The number of nitrogens with zero attached hydrogens (tertiary/aromatic N) is 1. The minimum atomic E-state index is 0.547. The summed E-state index contributed by atoms with van der Waals surface area (Å²) in [5.74, 6) is 1.98. The Morgan fingerprint density at radius 3 is 1.96 bits per heavy atom. The highest BCUT2D eigenvalue weighted by Crippen LogP contribution is 2.52. The van der Waals surface area contributed by atoms with E-state index < -0.39 is 0 Å². The van der Waals surface area contributed by atoms with Crippen molar-refractivity contribution in [1.29, 1.82) is 0 Å². The summed E-state index contributed by atoms with van der Waals surface area (Å²) in [7, 11) is 0. The molecular weight excluding hydrogens is 278 g/mol. The lowest BCUT2D eigenvalue weighted by atomic mass is 9.66. The summed E-state index contributed by atoms with van der Waals surface area (Å²) in [6, 6.07) is 0.870. The number of rotatable bonds is 7. The van der Waals surface area contributed by atoms with Crippen LogP contribution in [0.25, 0.3) is 0 Å². The van der Waals surface area contributed by atoms with Gasteiger partial charge in [0.2, 0.25) is 0 Å². The smallest absolute Gasteiger partial charge is 0.0268 e. The van der Waals surface area contributed by atoms with E-state index in [0.717, 1.165) is 24.3 Å². The van der Waals surface area contributed by atoms with Crippen LogP contribution in [0.15, 0.2) is 0 Å². The van der Waals surface area contributed by atoms with Crippen LogP contribution in [0, 0.1) is 18.8 Å². The largest absolute Gasteiger partial charge is 0.294 e. The molecule has 2 saturated carbocycles. The fourth-order valence-electron chi connectivity index (χ4n) is 6.59. The molecule has 23 heavy (non-hydrogen) atoms. The quantitative estimate of drug-likeness (QED) is 0.527. The first-order valence-electron chi connectivity index (χ1n) is 10.9. The molecule has 0 bridgehead atoms. The number of hydrogen-bond donors (Lipinski definition) is 0. The lowest BCUT2D eigenvalue weighted by Gasteiger charge is -2.57. The maximum absolute atomic E-state index is 4.21. The standard InChI is InChI=1S/C22H40N/c1-3-5-17-22(19-12-6-7-13-19,20-14-8-9-15-20)23-18-11-10-16-21(23)4-2/h19-21H,1,3-18H2,2H3. The zero-order valence-corrected chi connectivity index (χ0v) is 15.7. The molecule has 0 amide bonds. The van der Waals surface area contributed by atoms with E-state index in [0.29, 0.717) is 5.54 Å². The maximum Gasteiger partial charge on any atom is 0.0268 e. The van der Waals surface area contributed by atoms with Crippen molar-refractivity contribution >= 4 is 0 Å². The average molecular weight is 319 g/mol. The van der Waals surface area contributed by atoms with Gasteiger partial charge in [-0.3, -0.25) is 4.90 Å². The summed E-state index contributed by atoms with van der Waals surface area (Å²) in [4.78, 5) is 3.11. The third-order valence-electron chi connectivity index (χ3n) is 7.58. The Morgan fingerprint density at radius 1 is 0.870 bits per heavy atom. The van der Waals surface area contributed by atoms with Crippen LogP contribution in [0.5, 0.6) is 0 Å². The van der Waals surface area contributed by atoms with Crippen LogP contribution in [0.1, 0.15) is 103 Å². The summed E-state index contributed by atoms with van der Waals surface area (Å²) < 4.78 is 0. The SMILES string of the molecule is [CH2]CCCC(C1CCCC1)(C1CCCC1)N1CCCCC1CC. The fourth-order valence-corrected chi connectivity index (χ4v) is 6.59. The van der Waals surface area contributed by atoms with Gasteiger partial charge in [-0.1, -0.05) is 58.8 Å². The molecule has 3 aliphatic rings. The second kappa shape index (κ2) is 8.37. The Bertz CT molecular complexity index is 322. The predicted octanol–water partition coefficient (Wildman–Crippen LogP) is 6.37. The van der Waals surface area contributed by atoms with E-state index in [4.69, 9.17) is 0 Å². The first-order chi connectivity index (χ1) is 11.3. The van der Waals surface area contributed by atoms with E-state index in [1.807, 2.05) is 0 Å². The molecule has 0 spiro atoms.